The Hall–Kier alpha value is -2.03. The van der Waals surface area contributed by atoms with Crippen LogP contribution >= 0.6 is 22.9 Å². The van der Waals surface area contributed by atoms with Crippen LogP contribution in [-0.4, -0.2) is 27.2 Å². The Kier molecular flexibility index (Phi) is 4.79. The fraction of sp³-hybridized carbons (Fsp3) is 0.0667. The average Bonchev–Trinajstić information content (AvgIpc) is 3.08. The summed E-state index contributed by atoms with van der Waals surface area (Å²) in [7, 11) is 1.50. The van der Waals surface area contributed by atoms with Gasteiger partial charge in [-0.1, -0.05) is 17.7 Å². The van der Waals surface area contributed by atoms with Crippen molar-refractivity contribution in [3.05, 3.63) is 63.2 Å². The number of nitrogens with zero attached hydrogens (tertiary/aromatic N) is 2. The third kappa shape index (κ3) is 3.40. The lowest BCUT2D eigenvalue weighted by Gasteiger charge is -2.22. The standard InChI is InChI=1S/C15H11ClFN3O2S2/c1-20-13(8-12(19-24(20)22)14-3-2-6-23-14)15(21)18-9-4-5-10(16)11(17)7-9/h2-8H,1H3,(H,18,21). The van der Waals surface area contributed by atoms with Crippen LogP contribution in [0.15, 0.2) is 51.9 Å². The highest BCUT2D eigenvalue weighted by Gasteiger charge is 2.25. The second-order valence-electron chi connectivity index (χ2n) is 4.79. The van der Waals surface area contributed by atoms with Crippen molar-refractivity contribution < 1.29 is 13.4 Å². The maximum Gasteiger partial charge on any atom is 0.272 e. The number of likely N-dealkylation sites (N-methyl/N-ethyl adjacent to an activating group) is 1. The Morgan fingerprint density at radius 3 is 2.88 bits per heavy atom. The molecule has 2 heterocycles. The molecule has 1 aromatic heterocycles. The first-order chi connectivity index (χ1) is 11.5. The van der Waals surface area contributed by atoms with Gasteiger partial charge in [-0.3, -0.25) is 9.10 Å². The van der Waals surface area contributed by atoms with Crippen LogP contribution in [0.2, 0.25) is 5.02 Å². The van der Waals surface area contributed by atoms with Crippen molar-refractivity contribution in [1.82, 2.24) is 4.31 Å². The number of hydrogen-bond acceptors (Lipinski definition) is 3. The summed E-state index contributed by atoms with van der Waals surface area (Å²) in [6.45, 7) is 0. The quantitative estimate of drug-likeness (QED) is 0.883. The summed E-state index contributed by atoms with van der Waals surface area (Å²) >= 11 is 5.34. The molecule has 0 fully saturated rings. The van der Waals surface area contributed by atoms with Crippen LogP contribution in [0, 0.1) is 5.82 Å². The number of nitrogens with one attached hydrogen (secondary N) is 1. The number of benzene rings is 1. The van der Waals surface area contributed by atoms with Gasteiger partial charge in [0, 0.05) is 12.7 Å². The van der Waals surface area contributed by atoms with E-state index in [1.807, 2.05) is 17.5 Å². The molecule has 0 bridgehead atoms. The zero-order valence-electron chi connectivity index (χ0n) is 12.3. The Balaban J connectivity index is 1.88. The molecule has 5 nitrogen and oxygen atoms in total. The fourth-order valence-corrected chi connectivity index (χ4v) is 3.60. The number of carbonyl (C=O) groups excluding carboxylic acids is 1. The number of hydrogen-bond donors (Lipinski definition) is 1. The van der Waals surface area contributed by atoms with E-state index in [1.165, 1.54) is 34.8 Å². The minimum Gasteiger partial charge on any atom is -0.321 e. The molecule has 124 valence electrons. The maximum absolute atomic E-state index is 13.5. The number of rotatable bonds is 3. The Morgan fingerprint density at radius 1 is 1.42 bits per heavy atom. The highest BCUT2D eigenvalue weighted by molar-refractivity contribution is 7.81. The molecule has 1 aromatic carbocycles. The second kappa shape index (κ2) is 6.84. The Labute approximate surface area is 149 Å². The summed E-state index contributed by atoms with van der Waals surface area (Å²) in [5.41, 5.74) is 0.887. The number of carbonyl (C=O) groups is 1. The first kappa shape index (κ1) is 16.8. The van der Waals surface area contributed by atoms with Gasteiger partial charge < -0.3 is 5.32 Å². The number of thiophene rings is 1. The van der Waals surface area contributed by atoms with E-state index in [0.29, 0.717) is 5.71 Å². The molecule has 1 amide bonds. The number of amides is 1. The van der Waals surface area contributed by atoms with E-state index < -0.39 is 22.9 Å². The second-order valence-corrected chi connectivity index (χ2v) is 7.34. The van der Waals surface area contributed by atoms with Crippen LogP contribution in [0.5, 0.6) is 0 Å². The van der Waals surface area contributed by atoms with E-state index in [9.17, 15) is 13.4 Å². The SMILES string of the molecule is CN1C(C(=O)Nc2ccc(Cl)c(F)c2)=CC(c2cccs2)=NS1=O. The Bertz CT molecular complexity index is 881. The first-order valence-corrected chi connectivity index (χ1v) is 9.04. The van der Waals surface area contributed by atoms with Crippen molar-refractivity contribution in [2.24, 2.45) is 4.40 Å². The van der Waals surface area contributed by atoms with E-state index in [4.69, 9.17) is 11.6 Å². The monoisotopic (exact) mass is 383 g/mol. The summed E-state index contributed by atoms with van der Waals surface area (Å²) in [5.74, 6) is -1.15. The maximum atomic E-state index is 13.5. The zero-order chi connectivity index (χ0) is 17.3. The molecule has 1 N–H and O–H groups in total. The van der Waals surface area contributed by atoms with Crippen LogP contribution < -0.4 is 5.32 Å². The lowest BCUT2D eigenvalue weighted by Crippen LogP contribution is -2.32. The van der Waals surface area contributed by atoms with Crippen molar-refractivity contribution in [3.8, 4) is 0 Å². The predicted octanol–water partition coefficient (Wildman–Crippen LogP) is 3.38. The molecule has 1 aliphatic rings. The van der Waals surface area contributed by atoms with Gasteiger partial charge in [-0.15, -0.1) is 11.3 Å². The molecule has 3 rings (SSSR count). The van der Waals surface area contributed by atoms with Gasteiger partial charge in [-0.25, -0.2) is 8.60 Å². The number of halogens is 2. The smallest absolute Gasteiger partial charge is 0.272 e. The Morgan fingerprint density at radius 2 is 2.21 bits per heavy atom. The van der Waals surface area contributed by atoms with Crippen molar-refractivity contribution >= 4 is 51.4 Å². The molecule has 1 aliphatic heterocycles. The molecule has 2 aromatic rings. The van der Waals surface area contributed by atoms with Gasteiger partial charge in [0.15, 0.2) is 0 Å². The topological polar surface area (TPSA) is 61.8 Å². The van der Waals surface area contributed by atoms with Gasteiger partial charge in [-0.05, 0) is 35.7 Å². The fourth-order valence-electron chi connectivity index (χ4n) is 1.99. The highest BCUT2D eigenvalue weighted by atomic mass is 35.5. The summed E-state index contributed by atoms with van der Waals surface area (Å²) in [4.78, 5) is 13.3. The van der Waals surface area contributed by atoms with E-state index in [2.05, 4.69) is 9.71 Å². The van der Waals surface area contributed by atoms with Crippen LogP contribution in [0.4, 0.5) is 10.1 Å². The summed E-state index contributed by atoms with van der Waals surface area (Å²) < 4.78 is 30.9. The van der Waals surface area contributed by atoms with Crippen LogP contribution in [-0.2, 0) is 16.0 Å². The van der Waals surface area contributed by atoms with Crippen molar-refractivity contribution in [2.45, 2.75) is 0 Å². The molecule has 0 saturated heterocycles. The van der Waals surface area contributed by atoms with Gasteiger partial charge >= 0.3 is 0 Å². The summed E-state index contributed by atoms with van der Waals surface area (Å²) in [6.07, 6.45) is 1.55. The molecule has 0 radical (unpaired) electrons. The van der Waals surface area contributed by atoms with Crippen molar-refractivity contribution in [2.75, 3.05) is 12.4 Å². The molecule has 9 heteroatoms. The summed E-state index contributed by atoms with van der Waals surface area (Å²) in [6, 6.07) is 7.62. The van der Waals surface area contributed by atoms with Crippen LogP contribution in [0.1, 0.15) is 4.88 Å². The third-order valence-electron chi connectivity index (χ3n) is 3.21. The van der Waals surface area contributed by atoms with Gasteiger partial charge in [-0.2, -0.15) is 4.40 Å². The number of anilines is 1. The lowest BCUT2D eigenvalue weighted by molar-refractivity contribution is -0.113. The third-order valence-corrected chi connectivity index (χ3v) is 5.42. The van der Waals surface area contributed by atoms with E-state index in [1.54, 1.807) is 6.08 Å². The molecule has 0 saturated carbocycles. The van der Waals surface area contributed by atoms with Gasteiger partial charge in [0.2, 0.25) is 11.2 Å². The van der Waals surface area contributed by atoms with Gasteiger partial charge in [0.25, 0.3) is 5.91 Å². The largest absolute Gasteiger partial charge is 0.321 e. The van der Waals surface area contributed by atoms with Crippen molar-refractivity contribution in [3.63, 3.8) is 0 Å². The molecule has 0 spiro atoms. The van der Waals surface area contributed by atoms with Crippen molar-refractivity contribution in [1.29, 1.82) is 0 Å². The molecular weight excluding hydrogens is 373 g/mol. The predicted molar refractivity (Wildman–Crippen MR) is 94.9 cm³/mol. The molecular formula is C15H11ClFN3O2S2. The lowest BCUT2D eigenvalue weighted by atomic mass is 10.2. The van der Waals surface area contributed by atoms with Crippen LogP contribution in [0.25, 0.3) is 0 Å². The van der Waals surface area contributed by atoms with Gasteiger partial charge in [0.1, 0.15) is 11.5 Å². The molecule has 0 aliphatic carbocycles. The minimum absolute atomic E-state index is 0.0322. The minimum atomic E-state index is -1.71. The zero-order valence-corrected chi connectivity index (χ0v) is 14.7. The van der Waals surface area contributed by atoms with E-state index in [0.717, 1.165) is 10.9 Å². The highest BCUT2D eigenvalue weighted by Crippen LogP contribution is 2.22. The normalized spacial score (nSPS) is 17.3. The van der Waals surface area contributed by atoms with Gasteiger partial charge in [0.05, 0.1) is 15.6 Å². The first-order valence-electron chi connectivity index (χ1n) is 6.72. The summed E-state index contributed by atoms with van der Waals surface area (Å²) in [5, 5.41) is 4.39. The van der Waals surface area contributed by atoms with E-state index in [-0.39, 0.29) is 16.4 Å². The van der Waals surface area contributed by atoms with Crippen LogP contribution in [0.3, 0.4) is 0 Å². The molecule has 1 unspecified atom stereocenters. The van der Waals surface area contributed by atoms with E-state index >= 15 is 0 Å². The number of allylic oxidation sites excluding steroid dienone is 1. The molecule has 1 atom stereocenters. The molecule has 24 heavy (non-hydrogen) atoms. The average molecular weight is 384 g/mol.